The first kappa shape index (κ1) is 19.0. The van der Waals surface area contributed by atoms with Gasteiger partial charge in [-0.15, -0.1) is 0 Å². The number of urea groups is 1. The number of hydrogen-bond acceptors (Lipinski definition) is 6. The summed E-state index contributed by atoms with van der Waals surface area (Å²) in [6, 6.07) is 4.69. The lowest BCUT2D eigenvalue weighted by Gasteiger charge is -2.17. The molecule has 0 saturated carbocycles. The summed E-state index contributed by atoms with van der Waals surface area (Å²) in [7, 11) is 1.50. The van der Waals surface area contributed by atoms with Crippen molar-refractivity contribution in [3.05, 3.63) is 36.8 Å². The highest BCUT2D eigenvalue weighted by Gasteiger charge is 2.11. The normalized spacial score (nSPS) is 11.3. The number of methoxy groups -OCH3 is 1. The minimum Gasteiger partial charge on any atom is -0.495 e. The number of carboxylic acid groups (broad SMARTS) is 1. The quantitative estimate of drug-likeness (QED) is 0.571. The molecule has 1 heterocycles. The van der Waals surface area contributed by atoms with E-state index in [1.807, 2.05) is 6.92 Å². The van der Waals surface area contributed by atoms with Crippen LogP contribution in [0.15, 0.2) is 36.8 Å². The lowest BCUT2D eigenvalue weighted by Crippen LogP contribution is -2.21. The summed E-state index contributed by atoms with van der Waals surface area (Å²) in [6.07, 6.45) is 4.97. The van der Waals surface area contributed by atoms with Crippen LogP contribution in [0.1, 0.15) is 19.8 Å². The first-order valence-corrected chi connectivity index (χ1v) is 7.98. The number of carbonyl (C=O) groups is 2. The molecule has 2 aromatic rings. The third kappa shape index (κ3) is 5.93. The van der Waals surface area contributed by atoms with E-state index in [-0.39, 0.29) is 12.5 Å². The van der Waals surface area contributed by atoms with Crippen molar-refractivity contribution in [1.29, 1.82) is 0 Å². The summed E-state index contributed by atoms with van der Waals surface area (Å²) in [5, 5.41) is 17.2. The standard InChI is InChI=1S/C17H21N5O4/c1-11(3-6-16(23)24)20-12-4-5-14(26-2)13(9-12)21-17(25)22-15-10-18-7-8-19-15/h4-5,7-11,20H,3,6H2,1-2H3,(H,23,24)(H2,19,21,22,25). The molecule has 4 N–H and O–H groups in total. The number of aliphatic carboxylic acids is 1. The zero-order valence-electron chi connectivity index (χ0n) is 14.5. The molecule has 9 nitrogen and oxygen atoms in total. The molecule has 138 valence electrons. The van der Waals surface area contributed by atoms with Crippen LogP contribution in [-0.4, -0.2) is 40.2 Å². The zero-order valence-corrected chi connectivity index (χ0v) is 14.5. The summed E-state index contributed by atoms with van der Waals surface area (Å²) in [5.74, 6) is -0.0278. The molecule has 0 aliphatic carbocycles. The van der Waals surface area contributed by atoms with Crippen LogP contribution < -0.4 is 20.7 Å². The molecule has 0 aliphatic heterocycles. The van der Waals surface area contributed by atoms with E-state index in [0.29, 0.717) is 23.7 Å². The second-order valence-electron chi connectivity index (χ2n) is 5.56. The fraction of sp³-hybridized carbons (Fsp3) is 0.294. The molecule has 1 aromatic carbocycles. The molecule has 2 rings (SSSR count). The molecule has 2 amide bonds. The average Bonchev–Trinajstić information content (AvgIpc) is 2.61. The highest BCUT2D eigenvalue weighted by Crippen LogP contribution is 2.28. The third-order valence-electron chi connectivity index (χ3n) is 3.46. The molecule has 9 heteroatoms. The Morgan fingerprint density at radius 3 is 2.73 bits per heavy atom. The predicted molar refractivity (Wildman–Crippen MR) is 97.6 cm³/mol. The fourth-order valence-corrected chi connectivity index (χ4v) is 2.23. The van der Waals surface area contributed by atoms with Crippen molar-refractivity contribution >= 4 is 29.2 Å². The van der Waals surface area contributed by atoms with Crippen LogP contribution in [0.5, 0.6) is 5.75 Å². The Morgan fingerprint density at radius 2 is 2.08 bits per heavy atom. The Labute approximate surface area is 150 Å². The number of nitrogens with zero attached hydrogens (tertiary/aromatic N) is 2. The van der Waals surface area contributed by atoms with Gasteiger partial charge in [-0.1, -0.05) is 0 Å². The number of aromatic nitrogens is 2. The van der Waals surface area contributed by atoms with Gasteiger partial charge in [-0.05, 0) is 31.5 Å². The number of amides is 2. The second-order valence-corrected chi connectivity index (χ2v) is 5.56. The van der Waals surface area contributed by atoms with Gasteiger partial charge in [-0.3, -0.25) is 15.1 Å². The smallest absolute Gasteiger partial charge is 0.325 e. The largest absolute Gasteiger partial charge is 0.495 e. The maximum Gasteiger partial charge on any atom is 0.325 e. The molecule has 0 spiro atoms. The number of anilines is 3. The van der Waals surface area contributed by atoms with Crippen LogP contribution in [0, 0.1) is 0 Å². The number of rotatable bonds is 8. The highest BCUT2D eigenvalue weighted by atomic mass is 16.5. The van der Waals surface area contributed by atoms with Gasteiger partial charge in [-0.25, -0.2) is 9.78 Å². The van der Waals surface area contributed by atoms with Crippen LogP contribution in [0.25, 0.3) is 0 Å². The molecule has 0 radical (unpaired) electrons. The average molecular weight is 359 g/mol. The van der Waals surface area contributed by atoms with E-state index in [0.717, 1.165) is 5.69 Å². The van der Waals surface area contributed by atoms with Gasteiger partial charge in [0.2, 0.25) is 0 Å². The van der Waals surface area contributed by atoms with Crippen LogP contribution in [0.2, 0.25) is 0 Å². The molecule has 26 heavy (non-hydrogen) atoms. The third-order valence-corrected chi connectivity index (χ3v) is 3.46. The Morgan fingerprint density at radius 1 is 1.27 bits per heavy atom. The highest BCUT2D eigenvalue weighted by molar-refractivity contribution is 6.00. The molecule has 1 aromatic heterocycles. The van der Waals surface area contributed by atoms with Gasteiger partial charge in [0, 0.05) is 30.5 Å². The van der Waals surface area contributed by atoms with Gasteiger partial charge in [0.1, 0.15) is 5.75 Å². The van der Waals surface area contributed by atoms with Crippen molar-refractivity contribution in [2.24, 2.45) is 0 Å². The first-order chi connectivity index (χ1) is 12.5. The molecular weight excluding hydrogens is 338 g/mol. The van der Waals surface area contributed by atoms with Crippen molar-refractivity contribution in [2.75, 3.05) is 23.1 Å². The molecule has 0 aliphatic rings. The number of carboxylic acids is 1. The van der Waals surface area contributed by atoms with Crippen molar-refractivity contribution in [3.8, 4) is 5.75 Å². The van der Waals surface area contributed by atoms with Crippen molar-refractivity contribution in [2.45, 2.75) is 25.8 Å². The van der Waals surface area contributed by atoms with Gasteiger partial charge in [0.05, 0.1) is 19.0 Å². The number of ether oxygens (including phenoxy) is 1. The number of carbonyl (C=O) groups excluding carboxylic acids is 1. The fourth-order valence-electron chi connectivity index (χ4n) is 2.23. The van der Waals surface area contributed by atoms with E-state index >= 15 is 0 Å². The maximum atomic E-state index is 12.1. The molecule has 0 saturated heterocycles. The summed E-state index contributed by atoms with van der Waals surface area (Å²) in [5.41, 5.74) is 1.20. The van der Waals surface area contributed by atoms with Gasteiger partial charge >= 0.3 is 12.0 Å². The number of hydrogen-bond donors (Lipinski definition) is 4. The molecule has 1 atom stereocenters. The minimum atomic E-state index is -0.837. The van der Waals surface area contributed by atoms with Gasteiger partial charge in [0.25, 0.3) is 0 Å². The van der Waals surface area contributed by atoms with Crippen molar-refractivity contribution in [3.63, 3.8) is 0 Å². The lowest BCUT2D eigenvalue weighted by atomic mass is 10.1. The second kappa shape index (κ2) is 9.21. The summed E-state index contributed by atoms with van der Waals surface area (Å²) >= 11 is 0. The maximum absolute atomic E-state index is 12.1. The predicted octanol–water partition coefficient (Wildman–Crippen LogP) is 2.79. The van der Waals surface area contributed by atoms with Crippen LogP contribution >= 0.6 is 0 Å². The van der Waals surface area contributed by atoms with Crippen LogP contribution in [-0.2, 0) is 4.79 Å². The Balaban J connectivity index is 2.04. The van der Waals surface area contributed by atoms with E-state index in [9.17, 15) is 9.59 Å². The van der Waals surface area contributed by atoms with Crippen molar-refractivity contribution in [1.82, 2.24) is 9.97 Å². The summed E-state index contributed by atoms with van der Waals surface area (Å²) in [4.78, 5) is 30.6. The number of benzene rings is 1. The molecule has 0 bridgehead atoms. The first-order valence-electron chi connectivity index (χ1n) is 7.98. The van der Waals surface area contributed by atoms with E-state index in [2.05, 4.69) is 25.9 Å². The van der Waals surface area contributed by atoms with E-state index in [4.69, 9.17) is 9.84 Å². The summed E-state index contributed by atoms with van der Waals surface area (Å²) in [6.45, 7) is 1.89. The zero-order chi connectivity index (χ0) is 18.9. The van der Waals surface area contributed by atoms with Crippen LogP contribution in [0.3, 0.4) is 0 Å². The number of nitrogens with one attached hydrogen (secondary N) is 3. The Hall–Kier alpha value is -3.36. The van der Waals surface area contributed by atoms with Gasteiger partial charge in [-0.2, -0.15) is 0 Å². The van der Waals surface area contributed by atoms with Gasteiger partial charge < -0.3 is 20.5 Å². The molecule has 1 unspecified atom stereocenters. The van der Waals surface area contributed by atoms with E-state index in [1.165, 1.54) is 25.7 Å². The topological polar surface area (TPSA) is 125 Å². The SMILES string of the molecule is COc1ccc(NC(C)CCC(=O)O)cc1NC(=O)Nc1cnccn1. The monoisotopic (exact) mass is 359 g/mol. The lowest BCUT2D eigenvalue weighted by molar-refractivity contribution is -0.137. The van der Waals surface area contributed by atoms with Gasteiger partial charge in [0.15, 0.2) is 5.82 Å². The van der Waals surface area contributed by atoms with E-state index < -0.39 is 12.0 Å². The Bertz CT molecular complexity index is 754. The summed E-state index contributed by atoms with van der Waals surface area (Å²) < 4.78 is 5.26. The molecular formula is C17H21N5O4. The minimum absolute atomic E-state index is 0.0410. The molecule has 0 fully saturated rings. The Kier molecular flexibility index (Phi) is 6.72. The van der Waals surface area contributed by atoms with Crippen LogP contribution in [0.4, 0.5) is 22.0 Å². The van der Waals surface area contributed by atoms with Crippen molar-refractivity contribution < 1.29 is 19.4 Å². The van der Waals surface area contributed by atoms with E-state index in [1.54, 1.807) is 18.2 Å².